The van der Waals surface area contributed by atoms with Crippen LogP contribution in [0.3, 0.4) is 0 Å². The molecule has 6 heteroatoms. The lowest BCUT2D eigenvalue weighted by molar-refractivity contribution is -0.136. The molecule has 2 heterocycles. The van der Waals surface area contributed by atoms with Crippen molar-refractivity contribution in [1.29, 1.82) is 0 Å². The topological polar surface area (TPSA) is 80.9 Å². The number of pyridine rings is 1. The molecule has 94 valence electrons. The maximum atomic E-state index is 10.8. The quantitative estimate of drug-likeness (QED) is 0.765. The van der Waals surface area contributed by atoms with Gasteiger partial charge in [0.25, 0.3) is 0 Å². The first-order valence-electron chi connectivity index (χ1n) is 5.70. The number of carboxylic acids is 1. The van der Waals surface area contributed by atoms with Crippen molar-refractivity contribution >= 4 is 16.7 Å². The van der Waals surface area contributed by atoms with Gasteiger partial charge in [-0.2, -0.15) is 0 Å². The van der Waals surface area contributed by atoms with Gasteiger partial charge in [-0.1, -0.05) is 17.3 Å². The van der Waals surface area contributed by atoms with Crippen LogP contribution in [0.1, 0.15) is 5.69 Å². The van der Waals surface area contributed by atoms with Crippen molar-refractivity contribution < 1.29 is 9.90 Å². The molecule has 3 aromatic rings. The second kappa shape index (κ2) is 4.49. The van der Waals surface area contributed by atoms with Crippen LogP contribution in [0, 0.1) is 0 Å². The number of benzene rings is 1. The Morgan fingerprint density at radius 1 is 1.26 bits per heavy atom. The number of nitrogens with zero attached hydrogens (tertiary/aromatic N) is 4. The molecule has 0 fully saturated rings. The van der Waals surface area contributed by atoms with E-state index in [0.29, 0.717) is 5.69 Å². The van der Waals surface area contributed by atoms with E-state index in [1.165, 1.54) is 6.20 Å². The third-order valence-electron chi connectivity index (χ3n) is 2.84. The van der Waals surface area contributed by atoms with Crippen molar-refractivity contribution in [2.75, 3.05) is 0 Å². The fraction of sp³-hybridized carbons (Fsp3) is 0.0769. The SMILES string of the molecule is O=C(O)Cc1cnnn1-c1cccc2cnccc12. The molecular formula is C13H10N4O2. The number of rotatable bonds is 3. The van der Waals surface area contributed by atoms with Gasteiger partial charge in [0.2, 0.25) is 0 Å². The zero-order valence-corrected chi connectivity index (χ0v) is 9.89. The highest BCUT2D eigenvalue weighted by molar-refractivity contribution is 5.89. The number of aromatic nitrogens is 4. The Balaban J connectivity index is 2.20. The minimum Gasteiger partial charge on any atom is -0.481 e. The predicted octanol–water partition coefficient (Wildman–Crippen LogP) is 1.44. The average Bonchev–Trinajstić information content (AvgIpc) is 2.85. The summed E-state index contributed by atoms with van der Waals surface area (Å²) >= 11 is 0. The molecule has 1 aromatic carbocycles. The maximum absolute atomic E-state index is 10.8. The van der Waals surface area contributed by atoms with E-state index in [1.807, 2.05) is 24.3 Å². The Kier molecular flexibility index (Phi) is 2.68. The smallest absolute Gasteiger partial charge is 0.309 e. The number of fused-ring (bicyclic) bond motifs is 1. The molecule has 0 amide bonds. The summed E-state index contributed by atoms with van der Waals surface area (Å²) in [6.45, 7) is 0. The minimum atomic E-state index is -0.912. The Morgan fingerprint density at radius 3 is 3.00 bits per heavy atom. The highest BCUT2D eigenvalue weighted by Crippen LogP contribution is 2.21. The number of aliphatic carboxylic acids is 1. The molecular weight excluding hydrogens is 244 g/mol. The van der Waals surface area contributed by atoms with E-state index in [-0.39, 0.29) is 6.42 Å². The summed E-state index contributed by atoms with van der Waals surface area (Å²) in [6, 6.07) is 7.57. The van der Waals surface area contributed by atoms with Gasteiger partial charge in [-0.05, 0) is 12.1 Å². The van der Waals surface area contributed by atoms with Crippen LogP contribution in [0.15, 0.2) is 42.9 Å². The molecule has 3 rings (SSSR count). The van der Waals surface area contributed by atoms with E-state index in [9.17, 15) is 4.79 Å². The largest absolute Gasteiger partial charge is 0.481 e. The van der Waals surface area contributed by atoms with Gasteiger partial charge < -0.3 is 5.11 Å². The van der Waals surface area contributed by atoms with Crippen LogP contribution < -0.4 is 0 Å². The number of hydrogen-bond acceptors (Lipinski definition) is 4. The molecule has 2 aromatic heterocycles. The highest BCUT2D eigenvalue weighted by atomic mass is 16.4. The molecule has 0 spiro atoms. The van der Waals surface area contributed by atoms with Crippen LogP contribution in [-0.2, 0) is 11.2 Å². The second-order valence-corrected chi connectivity index (χ2v) is 4.08. The third-order valence-corrected chi connectivity index (χ3v) is 2.84. The van der Waals surface area contributed by atoms with E-state index in [4.69, 9.17) is 5.11 Å². The molecule has 0 bridgehead atoms. The van der Waals surface area contributed by atoms with Crippen molar-refractivity contribution in [3.05, 3.63) is 48.5 Å². The Hall–Kier alpha value is -2.76. The molecule has 6 nitrogen and oxygen atoms in total. The van der Waals surface area contributed by atoms with E-state index in [1.54, 1.807) is 17.1 Å². The fourth-order valence-corrected chi connectivity index (χ4v) is 2.02. The normalized spacial score (nSPS) is 10.7. The van der Waals surface area contributed by atoms with Gasteiger partial charge in [0.1, 0.15) is 0 Å². The van der Waals surface area contributed by atoms with E-state index < -0.39 is 5.97 Å². The van der Waals surface area contributed by atoms with Crippen LogP contribution in [0.4, 0.5) is 0 Å². The van der Waals surface area contributed by atoms with E-state index >= 15 is 0 Å². The zero-order chi connectivity index (χ0) is 13.2. The van der Waals surface area contributed by atoms with Gasteiger partial charge >= 0.3 is 5.97 Å². The van der Waals surface area contributed by atoms with Crippen molar-refractivity contribution in [1.82, 2.24) is 20.0 Å². The van der Waals surface area contributed by atoms with Crippen LogP contribution in [-0.4, -0.2) is 31.1 Å². The number of carbonyl (C=O) groups is 1. The Bertz CT molecular complexity index is 746. The average molecular weight is 254 g/mol. The van der Waals surface area contributed by atoms with Gasteiger partial charge in [0.05, 0.1) is 24.0 Å². The first-order chi connectivity index (χ1) is 9.25. The Morgan fingerprint density at radius 2 is 2.16 bits per heavy atom. The first-order valence-corrected chi connectivity index (χ1v) is 5.70. The molecule has 0 saturated carbocycles. The van der Waals surface area contributed by atoms with Gasteiger partial charge in [-0.15, -0.1) is 5.10 Å². The lowest BCUT2D eigenvalue weighted by atomic mass is 10.1. The first kappa shape index (κ1) is 11.3. The molecule has 0 aliphatic heterocycles. The fourth-order valence-electron chi connectivity index (χ4n) is 2.02. The summed E-state index contributed by atoms with van der Waals surface area (Å²) in [5, 5.41) is 18.6. The van der Waals surface area contributed by atoms with Crippen LogP contribution in [0.2, 0.25) is 0 Å². The Labute approximate surface area is 108 Å². The molecule has 0 radical (unpaired) electrons. The molecule has 19 heavy (non-hydrogen) atoms. The summed E-state index contributed by atoms with van der Waals surface area (Å²) in [5.41, 5.74) is 1.34. The van der Waals surface area contributed by atoms with Crippen LogP contribution in [0.25, 0.3) is 16.5 Å². The van der Waals surface area contributed by atoms with Crippen LogP contribution in [0.5, 0.6) is 0 Å². The molecule has 0 unspecified atom stereocenters. The molecule has 0 saturated heterocycles. The maximum Gasteiger partial charge on any atom is 0.309 e. The van der Waals surface area contributed by atoms with Gasteiger partial charge in [-0.3, -0.25) is 9.78 Å². The third kappa shape index (κ3) is 2.03. The van der Waals surface area contributed by atoms with E-state index in [0.717, 1.165) is 16.5 Å². The standard InChI is InChI=1S/C13H10N4O2/c18-13(19)6-10-8-15-16-17(10)12-3-1-2-9-7-14-5-4-11(9)12/h1-5,7-8H,6H2,(H,18,19). The summed E-state index contributed by atoms with van der Waals surface area (Å²) in [5.74, 6) is -0.912. The van der Waals surface area contributed by atoms with Crippen LogP contribution >= 0.6 is 0 Å². The summed E-state index contributed by atoms with van der Waals surface area (Å²) < 4.78 is 1.55. The van der Waals surface area contributed by atoms with E-state index in [2.05, 4.69) is 15.3 Å². The lowest BCUT2D eigenvalue weighted by Crippen LogP contribution is -2.08. The van der Waals surface area contributed by atoms with Crippen molar-refractivity contribution in [3.8, 4) is 5.69 Å². The zero-order valence-electron chi connectivity index (χ0n) is 9.89. The van der Waals surface area contributed by atoms with Gasteiger partial charge in [-0.25, -0.2) is 4.68 Å². The van der Waals surface area contributed by atoms with Gasteiger partial charge in [0, 0.05) is 23.2 Å². The van der Waals surface area contributed by atoms with Crippen molar-refractivity contribution in [3.63, 3.8) is 0 Å². The van der Waals surface area contributed by atoms with Crippen molar-refractivity contribution in [2.24, 2.45) is 0 Å². The van der Waals surface area contributed by atoms with Gasteiger partial charge in [0.15, 0.2) is 0 Å². The second-order valence-electron chi connectivity index (χ2n) is 4.08. The molecule has 0 aliphatic rings. The summed E-state index contributed by atoms with van der Waals surface area (Å²) in [6.07, 6.45) is 4.80. The minimum absolute atomic E-state index is 0.117. The molecule has 1 N–H and O–H groups in total. The highest BCUT2D eigenvalue weighted by Gasteiger charge is 2.12. The monoisotopic (exact) mass is 254 g/mol. The number of carboxylic acid groups (broad SMARTS) is 1. The summed E-state index contributed by atoms with van der Waals surface area (Å²) in [7, 11) is 0. The molecule has 0 atom stereocenters. The molecule has 0 aliphatic carbocycles. The summed E-state index contributed by atoms with van der Waals surface area (Å²) in [4.78, 5) is 14.9. The van der Waals surface area contributed by atoms with Crippen molar-refractivity contribution in [2.45, 2.75) is 6.42 Å². The number of hydrogen-bond donors (Lipinski definition) is 1. The lowest BCUT2D eigenvalue weighted by Gasteiger charge is -2.08. The predicted molar refractivity (Wildman–Crippen MR) is 68.0 cm³/mol.